The zero-order chi connectivity index (χ0) is 31.0. The Morgan fingerprint density at radius 1 is 0.804 bits per heavy atom. The van der Waals surface area contributed by atoms with Crippen LogP contribution in [0.5, 0.6) is 0 Å². The lowest BCUT2D eigenvalue weighted by atomic mass is 9.98. The topological polar surface area (TPSA) is 91.1 Å². The molecule has 46 heavy (non-hydrogen) atoms. The van der Waals surface area contributed by atoms with E-state index >= 15 is 0 Å². The number of amides is 1. The monoisotopic (exact) mass is 608 g/mol. The van der Waals surface area contributed by atoms with E-state index in [0.717, 1.165) is 68.6 Å². The van der Waals surface area contributed by atoms with Gasteiger partial charge in [0.15, 0.2) is 5.43 Å². The van der Waals surface area contributed by atoms with Crippen molar-refractivity contribution in [3.63, 3.8) is 0 Å². The van der Waals surface area contributed by atoms with Gasteiger partial charge < -0.3 is 14.7 Å². The highest BCUT2D eigenvalue weighted by atomic mass is 16.6. The van der Waals surface area contributed by atoms with Gasteiger partial charge in [-0.25, -0.2) is 9.78 Å². The minimum atomic E-state index is -0.359. The summed E-state index contributed by atoms with van der Waals surface area (Å²) in [6, 6.07) is 30.0. The van der Waals surface area contributed by atoms with E-state index in [1.807, 2.05) is 54.7 Å². The van der Waals surface area contributed by atoms with Crippen LogP contribution in [0.4, 0.5) is 4.79 Å². The second-order valence-electron chi connectivity index (χ2n) is 12.7. The third kappa shape index (κ3) is 5.47. The van der Waals surface area contributed by atoms with Crippen LogP contribution in [0.1, 0.15) is 67.6 Å². The van der Waals surface area contributed by atoms with Crippen LogP contribution in [-0.2, 0) is 11.3 Å². The van der Waals surface area contributed by atoms with Gasteiger partial charge in [0, 0.05) is 35.2 Å². The summed E-state index contributed by atoms with van der Waals surface area (Å²) >= 11 is 0. The van der Waals surface area contributed by atoms with Crippen molar-refractivity contribution in [2.45, 2.75) is 57.1 Å². The number of nitrogens with zero attached hydrogens (tertiary/aromatic N) is 2. The van der Waals surface area contributed by atoms with Gasteiger partial charge in [0.25, 0.3) is 0 Å². The number of ether oxygens (including phenoxy) is 1. The summed E-state index contributed by atoms with van der Waals surface area (Å²) < 4.78 is 5.64. The Morgan fingerprint density at radius 3 is 2.37 bits per heavy atom. The number of likely N-dealkylation sites (tertiary alicyclic amines) is 1. The number of fused-ring (bicyclic) bond motifs is 2. The van der Waals surface area contributed by atoms with Crippen LogP contribution in [0, 0.1) is 0 Å². The van der Waals surface area contributed by atoms with Crippen LogP contribution in [0.15, 0.2) is 102 Å². The molecule has 2 aliphatic rings. The van der Waals surface area contributed by atoms with Gasteiger partial charge in [0.1, 0.15) is 12.4 Å². The Balaban J connectivity index is 1.04. The van der Waals surface area contributed by atoms with Gasteiger partial charge in [-0.15, -0.1) is 0 Å². The van der Waals surface area contributed by atoms with Crippen molar-refractivity contribution in [1.82, 2.24) is 19.9 Å². The highest BCUT2D eigenvalue weighted by Crippen LogP contribution is 2.35. The molecule has 4 aromatic carbocycles. The van der Waals surface area contributed by atoms with E-state index in [1.165, 1.54) is 25.7 Å². The molecule has 7 heteroatoms. The van der Waals surface area contributed by atoms with E-state index in [1.54, 1.807) is 11.0 Å². The molecule has 2 fully saturated rings. The number of carbonyl (C=O) groups is 1. The molecule has 1 saturated carbocycles. The minimum absolute atomic E-state index is 0.0549. The van der Waals surface area contributed by atoms with Crippen LogP contribution in [0.3, 0.4) is 0 Å². The molecule has 6 aromatic rings. The number of H-pyrrole nitrogens is 2. The molecular formula is C39H36N4O3. The van der Waals surface area contributed by atoms with E-state index in [4.69, 9.17) is 9.72 Å². The summed E-state index contributed by atoms with van der Waals surface area (Å²) in [6.07, 6.45) is 8.26. The molecular weight excluding hydrogens is 572 g/mol. The number of imidazole rings is 1. The molecule has 0 bridgehead atoms. The maximum absolute atomic E-state index is 13.2. The second kappa shape index (κ2) is 12.0. The maximum Gasteiger partial charge on any atom is 0.410 e. The molecule has 2 N–H and O–H groups in total. The number of benzene rings is 4. The maximum atomic E-state index is 13.2. The van der Waals surface area contributed by atoms with Gasteiger partial charge in [-0.3, -0.25) is 9.69 Å². The fourth-order valence-corrected chi connectivity index (χ4v) is 7.23. The Hall–Kier alpha value is -5.17. The minimum Gasteiger partial charge on any atom is -0.445 e. The molecule has 1 amide bonds. The molecule has 0 radical (unpaired) electrons. The van der Waals surface area contributed by atoms with Gasteiger partial charge in [-0.2, -0.15) is 0 Å². The highest BCUT2D eigenvalue weighted by Gasteiger charge is 2.32. The number of nitrogens with one attached hydrogen (secondary N) is 2. The molecule has 1 aliphatic heterocycles. The number of hydrogen-bond donors (Lipinski definition) is 2. The van der Waals surface area contributed by atoms with Crippen molar-refractivity contribution < 1.29 is 9.53 Å². The summed E-state index contributed by atoms with van der Waals surface area (Å²) in [5, 5.41) is 2.94. The standard InChI is InChI=1S/C39H36N4O3/c44-37-22-34(36-11-6-18-43(36)39(45)46-24-25-7-2-1-3-8-25)41-33-21-30(16-17-32(33)37)28-12-13-29-20-31(15-14-27(29)19-28)35-23-40-38(42-35)26-9-4-5-10-26/h1-3,7-8,12-17,19-23,26,36H,4-6,9-11,18,24H2,(H,40,42)(H,41,44). The number of aromatic amines is 2. The van der Waals surface area contributed by atoms with Gasteiger partial charge >= 0.3 is 6.09 Å². The quantitative estimate of drug-likeness (QED) is 0.198. The molecule has 0 spiro atoms. The third-order valence-electron chi connectivity index (χ3n) is 9.72. The fourth-order valence-electron chi connectivity index (χ4n) is 7.23. The van der Waals surface area contributed by atoms with E-state index in [2.05, 4.69) is 46.4 Å². The summed E-state index contributed by atoms with van der Waals surface area (Å²) in [5.41, 5.74) is 6.68. The molecule has 1 saturated heterocycles. The predicted molar refractivity (Wildman–Crippen MR) is 182 cm³/mol. The number of aromatic nitrogens is 3. The summed E-state index contributed by atoms with van der Waals surface area (Å²) in [5.74, 6) is 1.67. The lowest BCUT2D eigenvalue weighted by Crippen LogP contribution is -2.32. The Bertz CT molecular complexity index is 2110. The molecule has 2 aromatic heterocycles. The number of pyridine rings is 1. The Morgan fingerprint density at radius 2 is 1.54 bits per heavy atom. The first-order valence-corrected chi connectivity index (χ1v) is 16.3. The smallest absolute Gasteiger partial charge is 0.410 e. The van der Waals surface area contributed by atoms with Gasteiger partial charge in [-0.05, 0) is 77.4 Å². The Labute approximate surface area is 267 Å². The highest BCUT2D eigenvalue weighted by molar-refractivity contribution is 5.92. The summed E-state index contributed by atoms with van der Waals surface area (Å²) in [6.45, 7) is 0.817. The van der Waals surface area contributed by atoms with Gasteiger partial charge in [-0.1, -0.05) is 73.5 Å². The molecule has 1 atom stereocenters. The van der Waals surface area contributed by atoms with E-state index in [-0.39, 0.29) is 24.2 Å². The first-order chi connectivity index (χ1) is 22.6. The van der Waals surface area contributed by atoms with Crippen molar-refractivity contribution in [2.75, 3.05) is 6.54 Å². The number of hydrogen-bond acceptors (Lipinski definition) is 4. The van der Waals surface area contributed by atoms with Crippen LogP contribution < -0.4 is 5.43 Å². The van der Waals surface area contributed by atoms with Crippen molar-refractivity contribution >= 4 is 27.8 Å². The molecule has 3 heterocycles. The van der Waals surface area contributed by atoms with Crippen LogP contribution >= 0.6 is 0 Å². The first kappa shape index (κ1) is 28.3. The van der Waals surface area contributed by atoms with E-state index < -0.39 is 0 Å². The van der Waals surface area contributed by atoms with Gasteiger partial charge in [0.05, 0.1) is 23.4 Å². The SMILES string of the molecule is O=C(OCc1ccccc1)N1CCCC1c1cc(=O)c2ccc(-c3ccc4cc(-c5cnc(C6CCCC6)[nH]5)ccc4c3)cc2[nH]1. The normalized spacial score (nSPS) is 16.9. The van der Waals surface area contributed by atoms with E-state index in [0.29, 0.717) is 17.8 Å². The largest absolute Gasteiger partial charge is 0.445 e. The van der Waals surface area contributed by atoms with Crippen LogP contribution in [0.25, 0.3) is 44.1 Å². The first-order valence-electron chi connectivity index (χ1n) is 16.3. The third-order valence-corrected chi connectivity index (χ3v) is 9.72. The predicted octanol–water partition coefficient (Wildman–Crippen LogP) is 8.87. The van der Waals surface area contributed by atoms with Crippen LogP contribution in [-0.4, -0.2) is 32.5 Å². The average Bonchev–Trinajstić information content (AvgIpc) is 3.89. The van der Waals surface area contributed by atoms with Crippen molar-refractivity contribution in [1.29, 1.82) is 0 Å². The zero-order valence-corrected chi connectivity index (χ0v) is 25.7. The molecule has 8 rings (SSSR count). The van der Waals surface area contributed by atoms with Crippen molar-refractivity contribution in [3.05, 3.63) is 124 Å². The number of rotatable bonds is 6. The molecule has 7 nitrogen and oxygen atoms in total. The Kier molecular flexibility index (Phi) is 7.37. The summed E-state index contributed by atoms with van der Waals surface area (Å²) in [4.78, 5) is 39.8. The van der Waals surface area contributed by atoms with Crippen molar-refractivity contribution in [3.8, 4) is 22.4 Å². The second-order valence-corrected chi connectivity index (χ2v) is 12.7. The van der Waals surface area contributed by atoms with E-state index in [9.17, 15) is 9.59 Å². The van der Waals surface area contributed by atoms with Gasteiger partial charge in [0.2, 0.25) is 0 Å². The average molecular weight is 609 g/mol. The molecule has 1 unspecified atom stereocenters. The van der Waals surface area contributed by atoms with Crippen LogP contribution in [0.2, 0.25) is 0 Å². The molecule has 1 aliphatic carbocycles. The lowest BCUT2D eigenvalue weighted by Gasteiger charge is -2.24. The lowest BCUT2D eigenvalue weighted by molar-refractivity contribution is 0.0915. The fraction of sp³-hybridized carbons (Fsp3) is 0.256. The molecule has 230 valence electrons. The van der Waals surface area contributed by atoms with Crippen molar-refractivity contribution in [2.24, 2.45) is 0 Å². The number of carbonyl (C=O) groups excluding carboxylic acids is 1. The zero-order valence-electron chi connectivity index (χ0n) is 25.7. The summed E-state index contributed by atoms with van der Waals surface area (Å²) in [7, 11) is 0.